The second kappa shape index (κ2) is 15.6. The average molecular weight is 831 g/mol. The summed E-state index contributed by atoms with van der Waals surface area (Å²) >= 11 is 0. The third-order valence-corrected chi connectivity index (χ3v) is 13.6. The highest BCUT2D eigenvalue weighted by Crippen LogP contribution is 2.52. The number of aromatic nitrogens is 1. The lowest BCUT2D eigenvalue weighted by atomic mass is 9.81. The summed E-state index contributed by atoms with van der Waals surface area (Å²) in [6.07, 6.45) is 0. The van der Waals surface area contributed by atoms with Gasteiger partial charge < -0.3 is 9.47 Å². The van der Waals surface area contributed by atoms with Gasteiger partial charge in [0.2, 0.25) is 0 Å². The largest absolute Gasteiger partial charge is 0.309 e. The Hall–Kier alpha value is -8.20. The number of nitrogens with zero attached hydrogens (tertiary/aromatic N) is 2. The number of benzene rings is 10. The molecule has 1 heterocycles. The first kappa shape index (κ1) is 38.5. The summed E-state index contributed by atoms with van der Waals surface area (Å²) in [5.41, 5.74) is 21.5. The first-order valence-electron chi connectivity index (χ1n) is 22.6. The molecule has 0 saturated heterocycles. The van der Waals surface area contributed by atoms with E-state index in [9.17, 15) is 0 Å². The third-order valence-electron chi connectivity index (χ3n) is 13.6. The van der Waals surface area contributed by atoms with Crippen LogP contribution in [0.5, 0.6) is 0 Å². The quantitative estimate of drug-likeness (QED) is 0.148. The highest BCUT2D eigenvalue weighted by molar-refractivity contribution is 6.09. The minimum Gasteiger partial charge on any atom is -0.309 e. The zero-order chi connectivity index (χ0) is 43.5. The summed E-state index contributed by atoms with van der Waals surface area (Å²) in [5, 5.41) is 2.51. The monoisotopic (exact) mass is 830 g/mol. The van der Waals surface area contributed by atoms with Crippen LogP contribution in [0, 0.1) is 0 Å². The summed E-state index contributed by atoms with van der Waals surface area (Å²) in [7, 11) is 0. The fraction of sp³-hybridized carbons (Fsp3) is 0.0476. The normalized spacial score (nSPS) is 12.6. The Bertz CT molecular complexity index is 3490. The zero-order valence-electron chi connectivity index (χ0n) is 36.5. The number of anilines is 3. The van der Waals surface area contributed by atoms with E-state index >= 15 is 0 Å². The van der Waals surface area contributed by atoms with Gasteiger partial charge in [-0.2, -0.15) is 0 Å². The molecule has 0 fully saturated rings. The van der Waals surface area contributed by atoms with Gasteiger partial charge in [0, 0.05) is 38.7 Å². The molecule has 0 aliphatic heterocycles. The zero-order valence-corrected chi connectivity index (χ0v) is 36.5. The molecule has 0 amide bonds. The minimum absolute atomic E-state index is 0.129. The van der Waals surface area contributed by atoms with E-state index < -0.39 is 0 Å². The Morgan fingerprint density at radius 1 is 0.338 bits per heavy atom. The maximum atomic E-state index is 2.48. The third kappa shape index (κ3) is 6.40. The van der Waals surface area contributed by atoms with Crippen molar-refractivity contribution in [3.63, 3.8) is 0 Å². The van der Waals surface area contributed by atoms with Gasteiger partial charge >= 0.3 is 0 Å². The molecular formula is C63H46N2. The summed E-state index contributed by atoms with van der Waals surface area (Å²) in [5.74, 6) is 0. The van der Waals surface area contributed by atoms with Crippen LogP contribution >= 0.6 is 0 Å². The Balaban J connectivity index is 1.10. The van der Waals surface area contributed by atoms with E-state index in [1.165, 1.54) is 77.4 Å². The number of rotatable bonds is 8. The van der Waals surface area contributed by atoms with Gasteiger partial charge in [-0.05, 0) is 110 Å². The van der Waals surface area contributed by atoms with Crippen LogP contribution < -0.4 is 4.90 Å². The highest BCUT2D eigenvalue weighted by Gasteiger charge is 2.35. The van der Waals surface area contributed by atoms with Crippen LogP contribution in [0.15, 0.2) is 243 Å². The first-order valence-corrected chi connectivity index (χ1v) is 22.6. The molecule has 1 aliphatic rings. The minimum atomic E-state index is -0.129. The molecular weight excluding hydrogens is 785 g/mol. The van der Waals surface area contributed by atoms with Crippen molar-refractivity contribution < 1.29 is 0 Å². The Kier molecular flexibility index (Phi) is 9.21. The van der Waals surface area contributed by atoms with E-state index in [1.807, 2.05) is 0 Å². The second-order valence-corrected chi connectivity index (χ2v) is 17.7. The van der Waals surface area contributed by atoms with Crippen molar-refractivity contribution in [2.24, 2.45) is 0 Å². The van der Waals surface area contributed by atoms with Crippen molar-refractivity contribution >= 4 is 38.9 Å². The van der Waals surface area contributed by atoms with Crippen LogP contribution in [-0.4, -0.2) is 4.57 Å². The molecule has 0 atom stereocenters. The van der Waals surface area contributed by atoms with Crippen molar-refractivity contribution in [1.29, 1.82) is 0 Å². The standard InChI is InChI=1S/C63H46N2/c1-63(2)56-27-13-9-23-52(56)53-41-36-47(42-57(53)63)51-26-17-31-61(62(51)46-34-32-44(33-35-46)43-18-5-3-6-19-43)65(58-28-14-10-22-50(58)45-20-7-4-8-21-45)49-39-37-48(38-40-49)64-59-29-15-11-24-54(59)55-25-12-16-30-60(55)64/h3-42H,1-2H3. The number of para-hydroxylation sites is 3. The van der Waals surface area contributed by atoms with Gasteiger partial charge in [-0.15, -0.1) is 0 Å². The van der Waals surface area contributed by atoms with Crippen molar-refractivity contribution in [3.8, 4) is 61.3 Å². The van der Waals surface area contributed by atoms with Gasteiger partial charge in [0.05, 0.1) is 22.4 Å². The van der Waals surface area contributed by atoms with Crippen LogP contribution in [0.25, 0.3) is 83.1 Å². The summed E-state index contributed by atoms with van der Waals surface area (Å²) in [6, 6.07) is 89.0. The van der Waals surface area contributed by atoms with E-state index in [-0.39, 0.29) is 5.41 Å². The summed E-state index contributed by atoms with van der Waals surface area (Å²) in [4.78, 5) is 2.48. The first-order chi connectivity index (χ1) is 32.0. The molecule has 0 bridgehead atoms. The van der Waals surface area contributed by atoms with E-state index in [1.54, 1.807) is 0 Å². The van der Waals surface area contributed by atoms with E-state index in [0.717, 1.165) is 33.9 Å². The summed E-state index contributed by atoms with van der Waals surface area (Å²) in [6.45, 7) is 4.73. The maximum Gasteiger partial charge on any atom is 0.0546 e. The molecule has 0 N–H and O–H groups in total. The average Bonchev–Trinajstić information content (AvgIpc) is 3.83. The lowest BCUT2D eigenvalue weighted by molar-refractivity contribution is 0.660. The molecule has 0 radical (unpaired) electrons. The van der Waals surface area contributed by atoms with E-state index in [0.29, 0.717) is 0 Å². The van der Waals surface area contributed by atoms with E-state index in [4.69, 9.17) is 0 Å². The van der Waals surface area contributed by atoms with Crippen molar-refractivity contribution in [2.45, 2.75) is 19.3 Å². The van der Waals surface area contributed by atoms with Crippen molar-refractivity contribution in [3.05, 3.63) is 254 Å². The molecule has 308 valence electrons. The number of fused-ring (bicyclic) bond motifs is 6. The van der Waals surface area contributed by atoms with E-state index in [2.05, 4.69) is 266 Å². The van der Waals surface area contributed by atoms with Crippen LogP contribution in [0.1, 0.15) is 25.0 Å². The van der Waals surface area contributed by atoms with Crippen molar-refractivity contribution in [1.82, 2.24) is 4.57 Å². The van der Waals surface area contributed by atoms with Gasteiger partial charge in [-0.1, -0.05) is 202 Å². The second-order valence-electron chi connectivity index (χ2n) is 17.7. The van der Waals surface area contributed by atoms with Gasteiger partial charge in [0.25, 0.3) is 0 Å². The molecule has 11 aromatic rings. The molecule has 10 aromatic carbocycles. The Labute approximate surface area is 381 Å². The van der Waals surface area contributed by atoms with Crippen LogP contribution in [-0.2, 0) is 5.41 Å². The molecule has 65 heavy (non-hydrogen) atoms. The number of hydrogen-bond acceptors (Lipinski definition) is 1. The van der Waals surface area contributed by atoms with Crippen LogP contribution in [0.2, 0.25) is 0 Å². The molecule has 2 nitrogen and oxygen atoms in total. The fourth-order valence-corrected chi connectivity index (χ4v) is 10.5. The highest BCUT2D eigenvalue weighted by atomic mass is 15.1. The predicted molar refractivity (Wildman–Crippen MR) is 275 cm³/mol. The van der Waals surface area contributed by atoms with Gasteiger partial charge in [0.1, 0.15) is 0 Å². The van der Waals surface area contributed by atoms with Crippen molar-refractivity contribution in [2.75, 3.05) is 4.90 Å². The molecule has 1 aliphatic carbocycles. The molecule has 12 rings (SSSR count). The Morgan fingerprint density at radius 2 is 0.846 bits per heavy atom. The predicted octanol–water partition coefficient (Wildman–Crippen LogP) is 17.2. The van der Waals surface area contributed by atoms with Gasteiger partial charge in [-0.3, -0.25) is 0 Å². The van der Waals surface area contributed by atoms with Crippen LogP contribution in [0.3, 0.4) is 0 Å². The molecule has 1 aromatic heterocycles. The van der Waals surface area contributed by atoms with Crippen LogP contribution in [0.4, 0.5) is 17.1 Å². The smallest absolute Gasteiger partial charge is 0.0546 e. The lowest BCUT2D eigenvalue weighted by Crippen LogP contribution is -2.15. The molecule has 0 unspecified atom stereocenters. The number of hydrogen-bond donors (Lipinski definition) is 0. The maximum absolute atomic E-state index is 2.48. The molecule has 0 spiro atoms. The van der Waals surface area contributed by atoms with Gasteiger partial charge in [-0.25, -0.2) is 0 Å². The molecule has 0 saturated carbocycles. The Morgan fingerprint density at radius 3 is 1.55 bits per heavy atom. The molecule has 2 heteroatoms. The van der Waals surface area contributed by atoms with Gasteiger partial charge in [0.15, 0.2) is 0 Å². The summed E-state index contributed by atoms with van der Waals surface area (Å²) < 4.78 is 2.39. The SMILES string of the molecule is CC1(C)c2ccccc2-c2ccc(-c3cccc(N(c4ccc(-n5c6ccccc6c6ccccc65)cc4)c4ccccc4-c4ccccc4)c3-c3ccc(-c4ccccc4)cc3)cc21. The fourth-order valence-electron chi connectivity index (χ4n) is 10.5. The topological polar surface area (TPSA) is 8.17 Å². The lowest BCUT2D eigenvalue weighted by Gasteiger charge is -2.31.